The minimum atomic E-state index is -1.37. The van der Waals surface area contributed by atoms with Gasteiger partial charge in [-0.15, -0.1) is 0 Å². The van der Waals surface area contributed by atoms with Gasteiger partial charge in [0.05, 0.1) is 26.4 Å². The fourth-order valence-corrected chi connectivity index (χ4v) is 3.82. The number of hydrogen-bond donors (Lipinski definition) is 1. The van der Waals surface area contributed by atoms with Crippen LogP contribution in [-0.4, -0.2) is 9.13 Å². The predicted molar refractivity (Wildman–Crippen MR) is 86.8 cm³/mol. The Kier molecular flexibility index (Phi) is 4.97. The van der Waals surface area contributed by atoms with Gasteiger partial charge in [0.2, 0.25) is 0 Å². The lowest BCUT2D eigenvalue weighted by atomic mass is 10.2. The van der Waals surface area contributed by atoms with Crippen LogP contribution in [0.25, 0.3) is 0 Å². The van der Waals surface area contributed by atoms with Crippen LogP contribution in [0.5, 0.6) is 0 Å². The van der Waals surface area contributed by atoms with E-state index in [1.807, 2.05) is 0 Å². The fourth-order valence-electron chi connectivity index (χ4n) is 1.71. The average Bonchev–Trinajstić information content (AvgIpc) is 2.40. The first-order chi connectivity index (χ1) is 9.88. The second-order valence-corrected chi connectivity index (χ2v) is 6.92. The van der Waals surface area contributed by atoms with Gasteiger partial charge in [0, 0.05) is 27.3 Å². The zero-order valence-corrected chi connectivity index (χ0v) is 13.7. The van der Waals surface area contributed by atoms with E-state index in [9.17, 15) is 14.3 Å². The Morgan fingerprint density at radius 1 is 1.29 bits per heavy atom. The number of hydrogen-bond acceptors (Lipinski definition) is 4. The third kappa shape index (κ3) is 3.81. The number of non-ortho nitro benzene ring substituents is 1. The molecule has 0 aliphatic rings. The lowest BCUT2D eigenvalue weighted by Crippen LogP contribution is -2.02. The SMILES string of the molecule is Nc1cc(Cl)ccc1S(=O)Cc1ccc([N+](=O)[O-])cc1Br. The number of nitrogens with zero attached hydrogens (tertiary/aromatic N) is 1. The molecule has 0 radical (unpaired) electrons. The number of nitrogens with two attached hydrogens (primary N) is 1. The van der Waals surface area contributed by atoms with E-state index in [1.165, 1.54) is 12.1 Å². The van der Waals surface area contributed by atoms with Crippen LogP contribution in [-0.2, 0) is 16.6 Å². The van der Waals surface area contributed by atoms with Crippen LogP contribution in [0.15, 0.2) is 45.8 Å². The summed E-state index contributed by atoms with van der Waals surface area (Å²) in [5.41, 5.74) is 6.84. The fraction of sp³-hybridized carbons (Fsp3) is 0.0769. The number of anilines is 1. The first-order valence-corrected chi connectivity index (χ1v) is 8.23. The van der Waals surface area contributed by atoms with Gasteiger partial charge in [0.1, 0.15) is 0 Å². The van der Waals surface area contributed by atoms with Crippen LogP contribution >= 0.6 is 27.5 Å². The Hall–Kier alpha value is -1.44. The lowest BCUT2D eigenvalue weighted by Gasteiger charge is -2.08. The summed E-state index contributed by atoms with van der Waals surface area (Å²) in [6.45, 7) is 0. The Bertz CT molecular complexity index is 739. The highest BCUT2D eigenvalue weighted by Crippen LogP contribution is 2.27. The van der Waals surface area contributed by atoms with Gasteiger partial charge in [-0.2, -0.15) is 0 Å². The van der Waals surface area contributed by atoms with Crippen molar-refractivity contribution in [3.8, 4) is 0 Å². The molecule has 5 nitrogen and oxygen atoms in total. The molecule has 0 amide bonds. The molecule has 2 rings (SSSR count). The highest BCUT2D eigenvalue weighted by atomic mass is 79.9. The number of halogens is 2. The maximum Gasteiger partial charge on any atom is 0.270 e. The number of benzene rings is 2. The van der Waals surface area contributed by atoms with Crippen LogP contribution in [0.4, 0.5) is 11.4 Å². The number of nitro groups is 1. The summed E-state index contributed by atoms with van der Waals surface area (Å²) in [6.07, 6.45) is 0. The minimum absolute atomic E-state index is 0.0255. The summed E-state index contributed by atoms with van der Waals surface area (Å²) in [4.78, 5) is 10.7. The topological polar surface area (TPSA) is 86.2 Å². The van der Waals surface area contributed by atoms with Gasteiger partial charge in [0.25, 0.3) is 5.69 Å². The molecule has 0 saturated carbocycles. The van der Waals surface area contributed by atoms with Crippen molar-refractivity contribution in [2.45, 2.75) is 10.6 Å². The first kappa shape index (κ1) is 15.9. The largest absolute Gasteiger partial charge is 0.398 e. The van der Waals surface area contributed by atoms with Crippen molar-refractivity contribution in [3.63, 3.8) is 0 Å². The van der Waals surface area contributed by atoms with Crippen molar-refractivity contribution in [2.75, 3.05) is 5.73 Å². The molecule has 1 atom stereocenters. The maximum atomic E-state index is 12.4. The molecule has 2 aromatic carbocycles. The number of rotatable bonds is 4. The third-order valence-corrected chi connectivity index (χ3v) is 5.16. The molecule has 0 aliphatic heterocycles. The molecule has 8 heteroatoms. The second-order valence-electron chi connectivity index (χ2n) is 4.20. The van der Waals surface area contributed by atoms with Crippen LogP contribution in [0.3, 0.4) is 0 Å². The normalized spacial score (nSPS) is 12.1. The molecule has 0 spiro atoms. The average molecular weight is 390 g/mol. The Morgan fingerprint density at radius 3 is 2.57 bits per heavy atom. The summed E-state index contributed by atoms with van der Waals surface area (Å²) < 4.78 is 12.9. The summed E-state index contributed by atoms with van der Waals surface area (Å²) in [6, 6.07) is 9.12. The van der Waals surface area contributed by atoms with E-state index in [2.05, 4.69) is 15.9 Å². The van der Waals surface area contributed by atoms with Crippen molar-refractivity contribution < 1.29 is 9.13 Å². The van der Waals surface area contributed by atoms with Gasteiger partial charge in [0.15, 0.2) is 0 Å². The highest BCUT2D eigenvalue weighted by molar-refractivity contribution is 9.10. The highest BCUT2D eigenvalue weighted by Gasteiger charge is 2.14. The summed E-state index contributed by atoms with van der Waals surface area (Å²) in [7, 11) is -1.37. The summed E-state index contributed by atoms with van der Waals surface area (Å²) >= 11 is 9.06. The van der Waals surface area contributed by atoms with E-state index in [0.29, 0.717) is 25.6 Å². The van der Waals surface area contributed by atoms with E-state index in [0.717, 1.165) is 0 Å². The van der Waals surface area contributed by atoms with Crippen molar-refractivity contribution >= 4 is 49.7 Å². The zero-order valence-electron chi connectivity index (χ0n) is 10.6. The van der Waals surface area contributed by atoms with Gasteiger partial charge in [-0.25, -0.2) is 0 Å². The molecule has 0 bridgehead atoms. The third-order valence-electron chi connectivity index (χ3n) is 2.75. The van der Waals surface area contributed by atoms with Crippen molar-refractivity contribution in [1.29, 1.82) is 0 Å². The van der Waals surface area contributed by atoms with Gasteiger partial charge in [-0.05, 0) is 23.8 Å². The molecule has 0 fully saturated rings. The van der Waals surface area contributed by atoms with Crippen molar-refractivity contribution in [3.05, 3.63) is 61.6 Å². The van der Waals surface area contributed by atoms with Gasteiger partial charge in [-0.3, -0.25) is 14.3 Å². The zero-order chi connectivity index (χ0) is 15.6. The second kappa shape index (κ2) is 6.55. The molecular formula is C13H10BrClN2O3S. The summed E-state index contributed by atoms with van der Waals surface area (Å²) in [5.74, 6) is 0.199. The minimum Gasteiger partial charge on any atom is -0.398 e. The monoisotopic (exact) mass is 388 g/mol. The molecular weight excluding hydrogens is 380 g/mol. The first-order valence-electron chi connectivity index (χ1n) is 5.74. The molecule has 0 aliphatic carbocycles. The molecule has 110 valence electrons. The predicted octanol–water partition coefficient (Wildman–Crippen LogP) is 3.90. The molecule has 2 N–H and O–H groups in total. The van der Waals surface area contributed by atoms with E-state index >= 15 is 0 Å². The van der Waals surface area contributed by atoms with Gasteiger partial charge >= 0.3 is 0 Å². The van der Waals surface area contributed by atoms with E-state index in [4.69, 9.17) is 17.3 Å². The van der Waals surface area contributed by atoms with Gasteiger partial charge in [-0.1, -0.05) is 33.6 Å². The molecule has 2 aromatic rings. The molecule has 0 heterocycles. The van der Waals surface area contributed by atoms with Crippen LogP contribution in [0, 0.1) is 10.1 Å². The van der Waals surface area contributed by atoms with Crippen LogP contribution < -0.4 is 5.73 Å². The Morgan fingerprint density at radius 2 is 2.00 bits per heavy atom. The number of nitro benzene ring substituents is 1. The van der Waals surface area contributed by atoms with Crippen LogP contribution in [0.1, 0.15) is 5.56 Å². The van der Waals surface area contributed by atoms with E-state index in [1.54, 1.807) is 24.3 Å². The quantitative estimate of drug-likeness (QED) is 0.488. The van der Waals surface area contributed by atoms with Crippen LogP contribution in [0.2, 0.25) is 5.02 Å². The lowest BCUT2D eigenvalue weighted by molar-refractivity contribution is -0.384. The van der Waals surface area contributed by atoms with E-state index < -0.39 is 15.7 Å². The maximum absolute atomic E-state index is 12.4. The smallest absolute Gasteiger partial charge is 0.270 e. The van der Waals surface area contributed by atoms with Gasteiger partial charge < -0.3 is 5.73 Å². The van der Waals surface area contributed by atoms with E-state index in [-0.39, 0.29) is 11.4 Å². The molecule has 0 saturated heterocycles. The van der Waals surface area contributed by atoms with Crippen molar-refractivity contribution in [2.24, 2.45) is 0 Å². The Balaban J connectivity index is 2.25. The molecule has 21 heavy (non-hydrogen) atoms. The number of nitrogen functional groups attached to an aromatic ring is 1. The molecule has 1 unspecified atom stereocenters. The summed E-state index contributed by atoms with van der Waals surface area (Å²) in [5, 5.41) is 11.2. The van der Waals surface area contributed by atoms with Crippen molar-refractivity contribution in [1.82, 2.24) is 0 Å². The molecule has 0 aromatic heterocycles. The standard InChI is InChI=1S/C13H10BrClN2O3S/c14-11-6-10(17(18)19)3-1-8(11)7-21(20)13-4-2-9(15)5-12(13)16/h1-6H,7,16H2. The Labute approximate surface area is 136 Å².